The maximum absolute atomic E-state index is 12.7. The molecule has 2 N–H and O–H groups in total. The highest BCUT2D eigenvalue weighted by atomic mass is 79.9. The molecule has 0 unspecified atom stereocenters. The van der Waals surface area contributed by atoms with Crippen LogP contribution in [-0.4, -0.2) is 26.1 Å². The van der Waals surface area contributed by atoms with E-state index in [9.17, 15) is 18.3 Å². The number of carbonyl (C=O) groups excluding carboxylic acids is 1. The van der Waals surface area contributed by atoms with Crippen molar-refractivity contribution in [1.82, 2.24) is 0 Å². The summed E-state index contributed by atoms with van der Waals surface area (Å²) >= 11 is 3.30. The first-order chi connectivity index (χ1) is 12.8. The van der Waals surface area contributed by atoms with E-state index < -0.39 is 20.7 Å². The molecule has 0 bridgehead atoms. The second-order valence-corrected chi connectivity index (χ2v) is 7.71. The molecule has 27 heavy (non-hydrogen) atoms. The van der Waals surface area contributed by atoms with Gasteiger partial charge in [-0.2, -0.15) is 0 Å². The predicted octanol–water partition coefficient (Wildman–Crippen LogP) is 4.47. The van der Waals surface area contributed by atoms with Gasteiger partial charge in [0.2, 0.25) is 9.84 Å². The van der Waals surface area contributed by atoms with Crippen molar-refractivity contribution in [2.45, 2.75) is 25.7 Å². The zero-order valence-corrected chi connectivity index (χ0v) is 17.7. The summed E-state index contributed by atoms with van der Waals surface area (Å²) in [4.78, 5) is 11.5. The number of sulfone groups is 1. The number of phenols is 1. The Bertz CT molecular complexity index is 875. The fraction of sp³-hybridized carbons (Fsp3) is 0.211. The summed E-state index contributed by atoms with van der Waals surface area (Å²) in [5.74, 6) is -1.03. The molecule has 0 atom stereocenters. The molecule has 146 valence electrons. The summed E-state index contributed by atoms with van der Waals surface area (Å²) in [6.45, 7) is 5.63. The SMILES string of the molecule is CC.CCOC(=O)/C(=C\Nc1ccc(Br)cc1)S(=O)(=O)c1ccc(O)cc1. The van der Waals surface area contributed by atoms with Gasteiger partial charge < -0.3 is 15.2 Å². The third-order valence-electron chi connectivity index (χ3n) is 3.13. The monoisotopic (exact) mass is 455 g/mol. The van der Waals surface area contributed by atoms with Crippen LogP contribution < -0.4 is 5.32 Å². The number of nitrogens with one attached hydrogen (secondary N) is 1. The number of carbonyl (C=O) groups is 1. The molecule has 0 heterocycles. The summed E-state index contributed by atoms with van der Waals surface area (Å²) in [5, 5.41) is 12.1. The first kappa shape index (κ1) is 22.7. The van der Waals surface area contributed by atoms with E-state index in [0.717, 1.165) is 10.7 Å². The number of aromatic hydroxyl groups is 1. The Hall–Kier alpha value is -2.32. The average Bonchev–Trinajstić information content (AvgIpc) is 2.65. The van der Waals surface area contributed by atoms with Crippen molar-refractivity contribution in [3.8, 4) is 5.75 Å². The number of hydrogen-bond donors (Lipinski definition) is 2. The number of benzene rings is 2. The van der Waals surface area contributed by atoms with Crippen LogP contribution in [0.25, 0.3) is 0 Å². The first-order valence-corrected chi connectivity index (χ1v) is 10.6. The van der Waals surface area contributed by atoms with Gasteiger partial charge in [0, 0.05) is 16.4 Å². The molecule has 2 rings (SSSR count). The van der Waals surface area contributed by atoms with E-state index in [0.29, 0.717) is 5.69 Å². The molecule has 6 nitrogen and oxygen atoms in total. The van der Waals surface area contributed by atoms with E-state index in [-0.39, 0.29) is 17.3 Å². The highest BCUT2D eigenvalue weighted by molar-refractivity contribution is 9.10. The maximum atomic E-state index is 12.7. The van der Waals surface area contributed by atoms with Gasteiger partial charge in [0.15, 0.2) is 4.91 Å². The minimum absolute atomic E-state index is 0.0412. The molecule has 2 aromatic rings. The van der Waals surface area contributed by atoms with Crippen molar-refractivity contribution < 1.29 is 23.1 Å². The topological polar surface area (TPSA) is 92.7 Å². The van der Waals surface area contributed by atoms with E-state index >= 15 is 0 Å². The number of rotatable bonds is 6. The first-order valence-electron chi connectivity index (χ1n) is 8.28. The van der Waals surface area contributed by atoms with E-state index in [2.05, 4.69) is 21.2 Å². The second-order valence-electron chi connectivity index (χ2n) is 4.88. The molecular weight excluding hydrogens is 434 g/mol. The molecule has 0 fully saturated rings. The lowest BCUT2D eigenvalue weighted by Gasteiger charge is -2.10. The summed E-state index contributed by atoms with van der Waals surface area (Å²) in [7, 11) is -4.11. The number of phenolic OH excluding ortho intramolecular Hbond substituents is 1. The zero-order chi connectivity index (χ0) is 20.4. The van der Waals surface area contributed by atoms with Crippen molar-refractivity contribution in [2.24, 2.45) is 0 Å². The number of esters is 1. The minimum atomic E-state index is -4.11. The van der Waals surface area contributed by atoms with Gasteiger partial charge in [-0.25, -0.2) is 13.2 Å². The molecule has 0 saturated carbocycles. The molecule has 0 amide bonds. The molecule has 0 saturated heterocycles. The van der Waals surface area contributed by atoms with E-state index in [4.69, 9.17) is 4.74 Å². The van der Waals surface area contributed by atoms with Gasteiger partial charge in [-0.15, -0.1) is 0 Å². The lowest BCUT2D eigenvalue weighted by Crippen LogP contribution is -2.18. The van der Waals surface area contributed by atoms with Gasteiger partial charge in [0.25, 0.3) is 0 Å². The number of halogens is 1. The molecule has 0 aliphatic heterocycles. The third-order valence-corrected chi connectivity index (χ3v) is 5.41. The van der Waals surface area contributed by atoms with Crippen LogP contribution in [0.1, 0.15) is 20.8 Å². The maximum Gasteiger partial charge on any atom is 0.351 e. The lowest BCUT2D eigenvalue weighted by molar-refractivity contribution is -0.137. The molecular formula is C19H22BrNO5S. The fourth-order valence-corrected chi connectivity index (χ4v) is 3.40. The Morgan fingerprint density at radius 2 is 1.67 bits per heavy atom. The van der Waals surface area contributed by atoms with E-state index in [1.54, 1.807) is 31.2 Å². The van der Waals surface area contributed by atoms with Gasteiger partial charge in [0.05, 0.1) is 11.5 Å². The van der Waals surface area contributed by atoms with Gasteiger partial charge in [-0.05, 0) is 55.5 Å². The van der Waals surface area contributed by atoms with Crippen LogP contribution in [0.15, 0.2) is 69.0 Å². The van der Waals surface area contributed by atoms with Gasteiger partial charge in [-0.3, -0.25) is 0 Å². The summed E-state index contributed by atoms with van der Waals surface area (Å²) in [6, 6.07) is 11.9. The van der Waals surface area contributed by atoms with Gasteiger partial charge in [0.1, 0.15) is 5.75 Å². The van der Waals surface area contributed by atoms with E-state index in [1.807, 2.05) is 13.8 Å². The Kier molecular flexibility index (Phi) is 9.04. The number of ether oxygens (including phenoxy) is 1. The van der Waals surface area contributed by atoms with Crippen molar-refractivity contribution in [1.29, 1.82) is 0 Å². The Balaban J connectivity index is 0.00000176. The molecule has 0 spiro atoms. The van der Waals surface area contributed by atoms with Crippen LogP contribution in [-0.2, 0) is 19.4 Å². The highest BCUT2D eigenvalue weighted by Gasteiger charge is 2.28. The quantitative estimate of drug-likeness (QED) is 0.492. The Morgan fingerprint density at radius 1 is 1.11 bits per heavy atom. The van der Waals surface area contributed by atoms with Crippen LogP contribution in [0.2, 0.25) is 0 Å². The molecule has 0 aliphatic carbocycles. The Morgan fingerprint density at radius 3 is 2.19 bits per heavy atom. The molecule has 2 aromatic carbocycles. The second kappa shape index (κ2) is 10.7. The summed E-state index contributed by atoms with van der Waals surface area (Å²) in [6.07, 6.45) is 1.10. The van der Waals surface area contributed by atoms with Crippen molar-refractivity contribution in [2.75, 3.05) is 11.9 Å². The number of hydrogen-bond acceptors (Lipinski definition) is 6. The third kappa shape index (κ3) is 6.41. The largest absolute Gasteiger partial charge is 0.508 e. The van der Waals surface area contributed by atoms with Crippen LogP contribution in [0.5, 0.6) is 5.75 Å². The van der Waals surface area contributed by atoms with Gasteiger partial charge in [-0.1, -0.05) is 29.8 Å². The van der Waals surface area contributed by atoms with Crippen molar-refractivity contribution in [3.63, 3.8) is 0 Å². The zero-order valence-electron chi connectivity index (χ0n) is 15.3. The summed E-state index contributed by atoms with van der Waals surface area (Å²) in [5.41, 5.74) is 0.603. The van der Waals surface area contributed by atoms with E-state index in [1.165, 1.54) is 24.3 Å². The predicted molar refractivity (Wildman–Crippen MR) is 109 cm³/mol. The lowest BCUT2D eigenvalue weighted by atomic mass is 10.3. The molecule has 0 aliphatic rings. The smallest absolute Gasteiger partial charge is 0.351 e. The van der Waals surface area contributed by atoms with Gasteiger partial charge >= 0.3 is 5.97 Å². The highest BCUT2D eigenvalue weighted by Crippen LogP contribution is 2.23. The number of anilines is 1. The van der Waals surface area contributed by atoms with Crippen molar-refractivity contribution in [3.05, 3.63) is 64.1 Å². The molecule has 0 radical (unpaired) electrons. The summed E-state index contributed by atoms with van der Waals surface area (Å²) < 4.78 is 31.2. The standard InChI is InChI=1S/C17H16BrNO5S.C2H6/c1-2-24-17(21)16(11-19-13-5-3-12(18)4-6-13)25(22,23)15-9-7-14(20)8-10-15;1-2/h3-11,19-20H,2H2,1H3;1-2H3/b16-11+;. The van der Waals surface area contributed by atoms with Crippen LogP contribution in [0, 0.1) is 0 Å². The van der Waals surface area contributed by atoms with Crippen molar-refractivity contribution >= 4 is 37.4 Å². The van der Waals surface area contributed by atoms with Crippen LogP contribution in [0.4, 0.5) is 5.69 Å². The average molecular weight is 456 g/mol. The normalized spacial score (nSPS) is 11.2. The van der Waals surface area contributed by atoms with Crippen LogP contribution in [0.3, 0.4) is 0 Å². The van der Waals surface area contributed by atoms with Crippen LogP contribution >= 0.6 is 15.9 Å². The minimum Gasteiger partial charge on any atom is -0.508 e. The molecule has 0 aromatic heterocycles. The fourth-order valence-electron chi connectivity index (χ4n) is 1.90. The molecule has 8 heteroatoms. The Labute approximate surface area is 167 Å².